The van der Waals surface area contributed by atoms with Crippen molar-refractivity contribution in [1.29, 1.82) is 0 Å². The second-order valence-corrected chi connectivity index (χ2v) is 7.99. The smallest absolute Gasteiger partial charge is 0.272 e. The van der Waals surface area contributed by atoms with Crippen LogP contribution < -0.4 is 15.0 Å². The molecule has 25 heavy (non-hydrogen) atoms. The number of hydrazine groups is 1. The highest BCUT2D eigenvalue weighted by molar-refractivity contribution is 9.10. The summed E-state index contributed by atoms with van der Waals surface area (Å²) in [6, 6.07) is 11.1. The molecule has 134 valence electrons. The molecule has 0 aliphatic carbocycles. The third-order valence-electron chi connectivity index (χ3n) is 3.21. The third-order valence-corrected chi connectivity index (χ3v) is 5.35. The van der Waals surface area contributed by atoms with E-state index >= 15 is 0 Å². The van der Waals surface area contributed by atoms with E-state index in [4.69, 9.17) is 16.3 Å². The highest BCUT2D eigenvalue weighted by Crippen LogP contribution is 2.26. The Morgan fingerprint density at radius 3 is 2.48 bits per heavy atom. The van der Waals surface area contributed by atoms with Crippen LogP contribution in [-0.4, -0.2) is 20.9 Å². The average Bonchev–Trinajstić information content (AvgIpc) is 2.59. The Kier molecular flexibility index (Phi) is 6.83. The minimum atomic E-state index is -3.88. The quantitative estimate of drug-likeness (QED) is 0.639. The first-order valence-electron chi connectivity index (χ1n) is 7.29. The molecule has 0 fully saturated rings. The van der Waals surface area contributed by atoms with E-state index in [0.717, 1.165) is 16.5 Å². The van der Waals surface area contributed by atoms with E-state index in [9.17, 15) is 13.2 Å². The van der Waals surface area contributed by atoms with E-state index < -0.39 is 15.9 Å². The van der Waals surface area contributed by atoms with Crippen LogP contribution in [0.15, 0.2) is 51.8 Å². The molecule has 0 saturated carbocycles. The maximum Gasteiger partial charge on any atom is 0.272 e. The van der Waals surface area contributed by atoms with Crippen LogP contribution in [-0.2, 0) is 21.2 Å². The minimum absolute atomic E-state index is 0.0176. The monoisotopic (exact) mass is 446 g/mol. The summed E-state index contributed by atoms with van der Waals surface area (Å²) in [6.07, 6.45) is 0.881. The first-order chi connectivity index (χ1) is 11.8. The number of halogens is 2. The number of carbonyl (C=O) groups is 1. The highest BCUT2D eigenvalue weighted by atomic mass is 79.9. The molecule has 2 N–H and O–H groups in total. The SMILES string of the molecule is CCc1ccc(OCC(=O)NNS(=O)(=O)c2ccc(Cl)cc2)c(Br)c1. The van der Waals surface area contributed by atoms with E-state index in [2.05, 4.69) is 21.4 Å². The zero-order valence-electron chi connectivity index (χ0n) is 13.3. The molecule has 0 spiro atoms. The van der Waals surface area contributed by atoms with E-state index in [-0.39, 0.29) is 11.5 Å². The van der Waals surface area contributed by atoms with Gasteiger partial charge in [-0.3, -0.25) is 10.2 Å². The van der Waals surface area contributed by atoms with Gasteiger partial charge in [0, 0.05) is 5.02 Å². The molecule has 0 radical (unpaired) electrons. The Morgan fingerprint density at radius 1 is 1.20 bits per heavy atom. The lowest BCUT2D eigenvalue weighted by Gasteiger charge is -2.11. The van der Waals surface area contributed by atoms with Crippen molar-refractivity contribution in [3.63, 3.8) is 0 Å². The molecule has 6 nitrogen and oxygen atoms in total. The Hall–Kier alpha value is -1.61. The van der Waals surface area contributed by atoms with Crippen LogP contribution in [0.1, 0.15) is 12.5 Å². The number of benzene rings is 2. The molecule has 0 bridgehead atoms. The second-order valence-electron chi connectivity index (χ2n) is 5.01. The number of aryl methyl sites for hydroxylation is 1. The Balaban J connectivity index is 1.89. The molecular weight excluding hydrogens is 432 g/mol. The highest BCUT2D eigenvalue weighted by Gasteiger charge is 2.15. The molecule has 0 aliphatic rings. The third kappa shape index (κ3) is 5.71. The van der Waals surface area contributed by atoms with Crippen LogP contribution in [0.2, 0.25) is 5.02 Å². The maximum atomic E-state index is 12.0. The predicted molar refractivity (Wildman–Crippen MR) is 98.9 cm³/mol. The van der Waals surface area contributed by atoms with Gasteiger partial charge in [0.05, 0.1) is 9.37 Å². The lowest BCUT2D eigenvalue weighted by molar-refractivity contribution is -0.123. The van der Waals surface area contributed by atoms with Crippen molar-refractivity contribution in [2.24, 2.45) is 0 Å². The van der Waals surface area contributed by atoms with Crippen molar-refractivity contribution in [3.8, 4) is 5.75 Å². The Labute approximate surface area is 159 Å². The molecule has 9 heteroatoms. The van der Waals surface area contributed by atoms with Gasteiger partial charge in [-0.05, 0) is 64.3 Å². The fourth-order valence-corrected chi connectivity index (χ4v) is 3.38. The number of hydrogen-bond donors (Lipinski definition) is 2. The predicted octanol–water partition coefficient (Wildman–Crippen LogP) is 3.05. The van der Waals surface area contributed by atoms with Crippen LogP contribution in [0, 0.1) is 0 Å². The maximum absolute atomic E-state index is 12.0. The summed E-state index contributed by atoms with van der Waals surface area (Å²) < 4.78 is 30.2. The van der Waals surface area contributed by atoms with Crippen LogP contribution in [0.5, 0.6) is 5.75 Å². The molecule has 1 amide bonds. The van der Waals surface area contributed by atoms with E-state index in [1.165, 1.54) is 24.3 Å². The summed E-state index contributed by atoms with van der Waals surface area (Å²) in [6.45, 7) is 1.69. The van der Waals surface area contributed by atoms with Crippen molar-refractivity contribution in [1.82, 2.24) is 10.3 Å². The van der Waals surface area contributed by atoms with E-state index in [1.807, 2.05) is 23.9 Å². The van der Waals surface area contributed by atoms with Gasteiger partial charge in [0.15, 0.2) is 6.61 Å². The summed E-state index contributed by atoms with van der Waals surface area (Å²) in [5.41, 5.74) is 3.22. The summed E-state index contributed by atoms with van der Waals surface area (Å²) in [7, 11) is -3.88. The Morgan fingerprint density at radius 2 is 1.88 bits per heavy atom. The summed E-state index contributed by atoms with van der Waals surface area (Å²) in [5.74, 6) is -0.142. The van der Waals surface area contributed by atoms with Crippen molar-refractivity contribution in [2.45, 2.75) is 18.2 Å². The molecule has 0 aliphatic heterocycles. The van der Waals surface area contributed by atoms with Crippen molar-refractivity contribution in [2.75, 3.05) is 6.61 Å². The molecule has 2 aromatic carbocycles. The van der Waals surface area contributed by atoms with Crippen molar-refractivity contribution >= 4 is 43.5 Å². The summed E-state index contributed by atoms with van der Waals surface area (Å²) >= 11 is 9.08. The molecular formula is C16H16BrClN2O4S. The van der Waals surface area contributed by atoms with Gasteiger partial charge in [0.1, 0.15) is 5.75 Å². The first kappa shape index (κ1) is 19.7. The zero-order valence-corrected chi connectivity index (χ0v) is 16.4. The van der Waals surface area contributed by atoms with Gasteiger partial charge in [-0.15, -0.1) is 4.83 Å². The fourth-order valence-electron chi connectivity index (χ4n) is 1.86. The van der Waals surface area contributed by atoms with Crippen LogP contribution in [0.4, 0.5) is 0 Å². The lowest BCUT2D eigenvalue weighted by Crippen LogP contribution is -2.43. The van der Waals surface area contributed by atoms with Gasteiger partial charge in [0.2, 0.25) is 0 Å². The van der Waals surface area contributed by atoms with Gasteiger partial charge in [-0.1, -0.05) is 24.6 Å². The van der Waals surface area contributed by atoms with Gasteiger partial charge in [-0.25, -0.2) is 8.42 Å². The van der Waals surface area contributed by atoms with Crippen molar-refractivity contribution < 1.29 is 17.9 Å². The Bertz CT molecular complexity index is 857. The van der Waals surface area contributed by atoms with Crippen molar-refractivity contribution in [3.05, 3.63) is 57.5 Å². The number of rotatable bonds is 7. The molecule has 0 unspecified atom stereocenters. The number of ether oxygens (including phenoxy) is 1. The molecule has 2 rings (SSSR count). The number of carbonyl (C=O) groups excluding carboxylic acids is 1. The van der Waals surface area contributed by atoms with Crippen LogP contribution >= 0.6 is 27.5 Å². The number of sulfonamides is 1. The normalized spacial score (nSPS) is 11.2. The minimum Gasteiger partial charge on any atom is -0.483 e. The largest absolute Gasteiger partial charge is 0.483 e. The molecule has 0 aromatic heterocycles. The average molecular weight is 448 g/mol. The second kappa shape index (κ2) is 8.66. The van der Waals surface area contributed by atoms with Gasteiger partial charge in [-0.2, -0.15) is 0 Å². The number of amides is 1. The van der Waals surface area contributed by atoms with Crippen LogP contribution in [0.3, 0.4) is 0 Å². The number of nitrogens with one attached hydrogen (secondary N) is 2. The molecule has 0 heterocycles. The topological polar surface area (TPSA) is 84.5 Å². The molecule has 0 atom stereocenters. The standard InChI is InChI=1S/C16H16BrClN2O4S/c1-2-11-3-8-15(14(17)9-11)24-10-16(21)19-20-25(22,23)13-6-4-12(18)5-7-13/h3-9,20H,2,10H2,1H3,(H,19,21). The summed E-state index contributed by atoms with van der Waals surface area (Å²) in [5, 5.41) is 0.413. The first-order valence-corrected chi connectivity index (χ1v) is 9.94. The van der Waals surface area contributed by atoms with Gasteiger partial charge < -0.3 is 4.74 Å². The van der Waals surface area contributed by atoms with E-state index in [0.29, 0.717) is 10.8 Å². The number of hydrogen-bond acceptors (Lipinski definition) is 4. The van der Waals surface area contributed by atoms with Gasteiger partial charge >= 0.3 is 0 Å². The lowest BCUT2D eigenvalue weighted by atomic mass is 10.2. The summed E-state index contributed by atoms with van der Waals surface area (Å²) in [4.78, 5) is 13.8. The zero-order chi connectivity index (χ0) is 18.4. The molecule has 0 saturated heterocycles. The fraction of sp³-hybridized carbons (Fsp3) is 0.188. The molecule has 2 aromatic rings. The van der Waals surface area contributed by atoms with E-state index in [1.54, 1.807) is 6.07 Å². The van der Waals surface area contributed by atoms with Crippen LogP contribution in [0.25, 0.3) is 0 Å². The van der Waals surface area contributed by atoms with Gasteiger partial charge in [0.25, 0.3) is 15.9 Å².